The molecule has 0 aliphatic heterocycles. The van der Waals surface area contributed by atoms with Gasteiger partial charge in [-0.1, -0.05) is 43.5 Å². The number of nitrogens with zero attached hydrogens (tertiary/aromatic N) is 5. The average molecular weight is 587 g/mol. The van der Waals surface area contributed by atoms with E-state index in [1.165, 1.54) is 19.3 Å². The number of fused-ring (bicyclic) bond motifs is 1. The van der Waals surface area contributed by atoms with Gasteiger partial charge in [-0.2, -0.15) is 5.10 Å². The van der Waals surface area contributed by atoms with Crippen LogP contribution in [0.1, 0.15) is 73.3 Å². The fourth-order valence-electron chi connectivity index (χ4n) is 6.38. The number of hydrogen-bond donors (Lipinski definition) is 3. The Labute approximate surface area is 255 Å². The van der Waals surface area contributed by atoms with Gasteiger partial charge in [0.1, 0.15) is 5.54 Å². The van der Waals surface area contributed by atoms with E-state index in [1.54, 1.807) is 18.6 Å². The molecule has 2 aliphatic rings. The van der Waals surface area contributed by atoms with Crippen molar-refractivity contribution < 1.29 is 9.59 Å². The largest absolute Gasteiger partial charge is 0.368 e. The van der Waals surface area contributed by atoms with Crippen molar-refractivity contribution in [3.8, 4) is 16.9 Å². The number of hydrogen-bond acceptors (Lipinski definition) is 7. The zero-order chi connectivity index (χ0) is 30.1. The summed E-state index contributed by atoms with van der Waals surface area (Å²) in [6.07, 6.45) is 13.0. The number of amides is 2. The lowest BCUT2D eigenvalue weighted by atomic mass is 9.75. The minimum Gasteiger partial charge on any atom is -0.368 e. The third-order valence-electron chi connectivity index (χ3n) is 8.97. The Morgan fingerprint density at radius 1 is 0.864 bits per heavy atom. The van der Waals surface area contributed by atoms with E-state index in [9.17, 15) is 9.59 Å². The summed E-state index contributed by atoms with van der Waals surface area (Å²) in [4.78, 5) is 39.7. The highest BCUT2D eigenvalue weighted by Gasteiger charge is 2.45. The lowest BCUT2D eigenvalue weighted by Gasteiger charge is -2.40. The molecule has 2 aromatic carbocycles. The van der Waals surface area contributed by atoms with Gasteiger partial charge < -0.3 is 16.4 Å². The Hall–Kier alpha value is -5.12. The summed E-state index contributed by atoms with van der Waals surface area (Å²) < 4.78 is 1.95. The van der Waals surface area contributed by atoms with E-state index < -0.39 is 5.54 Å². The maximum absolute atomic E-state index is 13.6. The molecule has 3 heterocycles. The molecule has 2 amide bonds. The van der Waals surface area contributed by atoms with Crippen molar-refractivity contribution in [3.63, 3.8) is 0 Å². The van der Waals surface area contributed by atoms with Crippen LogP contribution in [0.3, 0.4) is 0 Å². The first-order valence-electron chi connectivity index (χ1n) is 15.3. The molecule has 0 unspecified atom stereocenters. The van der Waals surface area contributed by atoms with Crippen LogP contribution in [-0.2, 0) is 4.79 Å². The number of carbonyl (C=O) groups excluding carboxylic acids is 2. The molecule has 44 heavy (non-hydrogen) atoms. The molecule has 0 atom stereocenters. The van der Waals surface area contributed by atoms with Gasteiger partial charge in [-0.05, 0) is 74.1 Å². The van der Waals surface area contributed by atoms with E-state index in [0.29, 0.717) is 30.0 Å². The summed E-state index contributed by atoms with van der Waals surface area (Å²) in [6.45, 7) is 0. The summed E-state index contributed by atoms with van der Waals surface area (Å²) in [5, 5.41) is 12.0. The minimum atomic E-state index is -0.962. The second-order valence-corrected chi connectivity index (χ2v) is 11.8. The van der Waals surface area contributed by atoms with Crippen LogP contribution in [-0.4, -0.2) is 42.1 Å². The predicted molar refractivity (Wildman–Crippen MR) is 169 cm³/mol. The summed E-state index contributed by atoms with van der Waals surface area (Å²) in [5.41, 5.74) is 9.40. The van der Waals surface area contributed by atoms with Gasteiger partial charge in [0.15, 0.2) is 5.82 Å². The van der Waals surface area contributed by atoms with Gasteiger partial charge in [-0.25, -0.2) is 19.6 Å². The molecule has 10 nitrogen and oxygen atoms in total. The molecule has 10 heteroatoms. The third kappa shape index (κ3) is 5.27. The number of nitrogens with two attached hydrogens (primary N) is 1. The van der Waals surface area contributed by atoms with Crippen LogP contribution in [0, 0.1) is 0 Å². The highest BCUT2D eigenvalue weighted by Crippen LogP contribution is 2.38. The molecule has 4 N–H and O–H groups in total. The lowest BCUT2D eigenvalue weighted by molar-refractivity contribution is -0.125. The molecule has 2 saturated carbocycles. The van der Waals surface area contributed by atoms with Crippen molar-refractivity contribution in [3.05, 3.63) is 90.5 Å². The smallest absolute Gasteiger partial charge is 0.252 e. The number of rotatable bonds is 7. The first-order valence-corrected chi connectivity index (χ1v) is 15.3. The fraction of sp³-hybridized carbons (Fsp3) is 0.294. The maximum Gasteiger partial charge on any atom is 0.252 e. The summed E-state index contributed by atoms with van der Waals surface area (Å²) in [7, 11) is 0. The summed E-state index contributed by atoms with van der Waals surface area (Å²) >= 11 is 0. The average Bonchev–Trinajstić information content (AvgIpc) is 3.43. The van der Waals surface area contributed by atoms with Crippen LogP contribution in [0.4, 0.5) is 11.6 Å². The number of nitrogens with one attached hydrogen (secondary N) is 2. The molecule has 2 fully saturated rings. The highest BCUT2D eigenvalue weighted by molar-refractivity contribution is 6.05. The fourth-order valence-corrected chi connectivity index (χ4v) is 6.38. The molecule has 5 aromatic rings. The number of nitrogen functional groups attached to an aromatic ring is 1. The normalized spacial score (nSPS) is 16.3. The Bertz CT molecular complexity index is 1810. The molecule has 0 saturated heterocycles. The van der Waals surface area contributed by atoms with Crippen molar-refractivity contribution in [2.45, 2.75) is 62.8 Å². The van der Waals surface area contributed by atoms with Crippen LogP contribution in [0.2, 0.25) is 0 Å². The van der Waals surface area contributed by atoms with Crippen LogP contribution < -0.4 is 16.4 Å². The number of pyridine rings is 1. The number of benzene rings is 2. The van der Waals surface area contributed by atoms with Crippen molar-refractivity contribution in [1.29, 1.82) is 0 Å². The van der Waals surface area contributed by atoms with Crippen LogP contribution in [0.15, 0.2) is 79.3 Å². The zero-order valence-electron chi connectivity index (χ0n) is 24.4. The second kappa shape index (κ2) is 11.5. The van der Waals surface area contributed by atoms with Crippen LogP contribution >= 0.6 is 0 Å². The molecule has 222 valence electrons. The SMILES string of the molecule is Nc1ncc(-c2ccc(NC(=O)C3(NC(=O)c4ccc5c(C6CCCCC6)n(-c6ccccn6)nc5c4)CCC3)cc2)cn1. The highest BCUT2D eigenvalue weighted by atomic mass is 16.2. The number of anilines is 2. The van der Waals surface area contributed by atoms with Gasteiger partial charge in [-0.15, -0.1) is 0 Å². The lowest BCUT2D eigenvalue weighted by Crippen LogP contribution is -2.61. The molecule has 0 spiro atoms. The number of aromatic nitrogens is 5. The van der Waals surface area contributed by atoms with E-state index in [4.69, 9.17) is 10.8 Å². The van der Waals surface area contributed by atoms with Gasteiger partial charge >= 0.3 is 0 Å². The Balaban J connectivity index is 1.11. The Morgan fingerprint density at radius 3 is 2.32 bits per heavy atom. The number of carbonyl (C=O) groups is 2. The van der Waals surface area contributed by atoms with Crippen molar-refractivity contribution in [2.24, 2.45) is 0 Å². The zero-order valence-corrected chi connectivity index (χ0v) is 24.4. The van der Waals surface area contributed by atoms with Crippen LogP contribution in [0.5, 0.6) is 0 Å². The van der Waals surface area contributed by atoms with Gasteiger partial charge in [0.05, 0.1) is 11.2 Å². The maximum atomic E-state index is 13.6. The Morgan fingerprint density at radius 2 is 1.64 bits per heavy atom. The standard InChI is InChI=1S/C34H34N8O2/c35-33-37-20-25(21-38-33)22-10-13-26(14-11-22)39-32(44)34(16-6-17-34)40-31(43)24-12-15-27-28(19-24)41-42(29-9-4-5-18-36-29)30(27)23-7-2-1-3-8-23/h4-5,9-15,18-21,23H,1-3,6-8,16-17H2,(H,39,44)(H,40,43)(H2,35,37,38). The first-order chi connectivity index (χ1) is 21.5. The summed E-state index contributed by atoms with van der Waals surface area (Å²) in [6, 6.07) is 18.9. The van der Waals surface area contributed by atoms with Crippen molar-refractivity contribution in [1.82, 2.24) is 30.0 Å². The second-order valence-electron chi connectivity index (χ2n) is 11.8. The molecule has 7 rings (SSSR count). The van der Waals surface area contributed by atoms with Gasteiger partial charge in [-0.3, -0.25) is 9.59 Å². The van der Waals surface area contributed by atoms with Crippen molar-refractivity contribution >= 4 is 34.4 Å². The topological polar surface area (TPSA) is 141 Å². The molecular weight excluding hydrogens is 552 g/mol. The van der Waals surface area contributed by atoms with Crippen molar-refractivity contribution in [2.75, 3.05) is 11.1 Å². The van der Waals surface area contributed by atoms with E-state index >= 15 is 0 Å². The van der Waals surface area contributed by atoms with Gasteiger partial charge in [0, 0.05) is 46.7 Å². The van der Waals surface area contributed by atoms with Gasteiger partial charge in [0.25, 0.3) is 5.91 Å². The predicted octanol–water partition coefficient (Wildman–Crippen LogP) is 5.80. The molecule has 2 aliphatic carbocycles. The Kier molecular flexibility index (Phi) is 7.25. The van der Waals surface area contributed by atoms with E-state index in [-0.39, 0.29) is 17.8 Å². The van der Waals surface area contributed by atoms with Crippen LogP contribution in [0.25, 0.3) is 27.8 Å². The molecule has 3 aromatic heterocycles. The third-order valence-corrected chi connectivity index (χ3v) is 8.97. The molecular formula is C34H34N8O2. The monoisotopic (exact) mass is 586 g/mol. The van der Waals surface area contributed by atoms with E-state index in [2.05, 4.69) is 25.6 Å². The minimum absolute atomic E-state index is 0.216. The van der Waals surface area contributed by atoms with Gasteiger partial charge in [0.2, 0.25) is 11.9 Å². The quantitative estimate of drug-likeness (QED) is 0.219. The molecule has 0 bridgehead atoms. The summed E-state index contributed by atoms with van der Waals surface area (Å²) in [5.74, 6) is 0.878. The van der Waals surface area contributed by atoms with E-state index in [1.807, 2.05) is 65.3 Å². The molecule has 0 radical (unpaired) electrons. The first kappa shape index (κ1) is 27.7. The van der Waals surface area contributed by atoms with E-state index in [0.717, 1.165) is 52.8 Å².